The van der Waals surface area contributed by atoms with Gasteiger partial charge in [0.15, 0.2) is 0 Å². The fraction of sp³-hybridized carbons (Fsp3) is 0.478. The van der Waals surface area contributed by atoms with Crippen molar-refractivity contribution in [2.45, 2.75) is 63.7 Å². The highest BCUT2D eigenvalue weighted by atomic mass is 79.9. The van der Waals surface area contributed by atoms with Crippen LogP contribution in [0.2, 0.25) is 0 Å². The van der Waals surface area contributed by atoms with Crippen molar-refractivity contribution < 1.29 is 4.74 Å². The van der Waals surface area contributed by atoms with Gasteiger partial charge in [-0.25, -0.2) is 0 Å². The van der Waals surface area contributed by atoms with Gasteiger partial charge in [-0.3, -0.25) is 0 Å². The van der Waals surface area contributed by atoms with Crippen LogP contribution in [0, 0.1) is 0 Å². The second-order valence-electron chi connectivity index (χ2n) is 9.46. The Balaban J connectivity index is 1.85. The molecule has 0 spiro atoms. The summed E-state index contributed by atoms with van der Waals surface area (Å²) in [5.74, 6) is 1.08. The predicted octanol–water partition coefficient (Wildman–Crippen LogP) is 7.88. The monoisotopic (exact) mass is 508 g/mol. The SMILES string of the molecule is CC1(C)CCC(C)(C)c2cc3c(cc21)OCC3(C)c1cc(C=C(Br)Br)cs1. The van der Waals surface area contributed by atoms with Crippen molar-refractivity contribution in [3.8, 4) is 5.75 Å². The first-order chi connectivity index (χ1) is 12.5. The summed E-state index contributed by atoms with van der Waals surface area (Å²) in [5.41, 5.74) is 5.89. The molecule has 1 aromatic heterocycles. The molecule has 1 aliphatic carbocycles. The van der Waals surface area contributed by atoms with Crippen molar-refractivity contribution in [3.63, 3.8) is 0 Å². The topological polar surface area (TPSA) is 9.23 Å². The standard InChI is InChI=1S/C23H26Br2OS/c1-21(2)6-7-22(3,4)16-11-18-17(10-15(16)21)23(5,13-26-18)19-8-14(12-27-19)9-20(24)25/h8-12H,6-7,13H2,1-5H3. The van der Waals surface area contributed by atoms with Gasteiger partial charge in [0.2, 0.25) is 0 Å². The summed E-state index contributed by atoms with van der Waals surface area (Å²) in [5, 5.41) is 2.21. The Kier molecular flexibility index (Phi) is 4.72. The van der Waals surface area contributed by atoms with Crippen LogP contribution in [0.3, 0.4) is 0 Å². The van der Waals surface area contributed by atoms with Crippen LogP contribution >= 0.6 is 43.2 Å². The molecule has 4 heteroatoms. The normalized spacial score (nSPS) is 24.7. The summed E-state index contributed by atoms with van der Waals surface area (Å²) in [4.78, 5) is 1.36. The number of halogens is 2. The summed E-state index contributed by atoms with van der Waals surface area (Å²) in [6.45, 7) is 12.6. The Morgan fingerprint density at radius 3 is 2.22 bits per heavy atom. The maximum atomic E-state index is 6.26. The Hall–Kier alpha value is -0.580. The Bertz CT molecular complexity index is 934. The van der Waals surface area contributed by atoms with E-state index >= 15 is 0 Å². The second kappa shape index (κ2) is 6.47. The van der Waals surface area contributed by atoms with E-state index in [9.17, 15) is 0 Å². The molecule has 0 N–H and O–H groups in total. The van der Waals surface area contributed by atoms with Gasteiger partial charge in [-0.1, -0.05) is 33.8 Å². The Morgan fingerprint density at radius 2 is 1.59 bits per heavy atom. The minimum atomic E-state index is -0.0857. The van der Waals surface area contributed by atoms with Crippen LogP contribution in [0.4, 0.5) is 0 Å². The highest BCUT2D eigenvalue weighted by Crippen LogP contribution is 2.52. The van der Waals surface area contributed by atoms with E-state index in [1.165, 1.54) is 40.0 Å². The number of fused-ring (bicyclic) bond motifs is 2. The van der Waals surface area contributed by atoms with E-state index in [2.05, 4.69) is 96.1 Å². The summed E-state index contributed by atoms with van der Waals surface area (Å²) >= 11 is 8.75. The molecule has 0 radical (unpaired) electrons. The van der Waals surface area contributed by atoms with Crippen molar-refractivity contribution >= 4 is 49.3 Å². The molecule has 2 heterocycles. The lowest BCUT2D eigenvalue weighted by atomic mass is 9.62. The molecule has 1 atom stereocenters. The van der Waals surface area contributed by atoms with E-state index < -0.39 is 0 Å². The third kappa shape index (κ3) is 3.26. The minimum Gasteiger partial charge on any atom is -0.492 e. The highest BCUT2D eigenvalue weighted by molar-refractivity contribution is 9.28. The van der Waals surface area contributed by atoms with Crippen molar-refractivity contribution in [2.24, 2.45) is 0 Å². The van der Waals surface area contributed by atoms with Gasteiger partial charge in [0.1, 0.15) is 12.4 Å². The van der Waals surface area contributed by atoms with Gasteiger partial charge in [-0.2, -0.15) is 0 Å². The van der Waals surface area contributed by atoms with Crippen LogP contribution in [0.1, 0.15) is 74.6 Å². The van der Waals surface area contributed by atoms with E-state index in [1.807, 2.05) is 11.3 Å². The molecule has 0 fully saturated rings. The average Bonchev–Trinajstić information content (AvgIpc) is 3.17. The molecule has 0 amide bonds. The molecule has 27 heavy (non-hydrogen) atoms. The lowest BCUT2D eigenvalue weighted by Crippen LogP contribution is -2.34. The largest absolute Gasteiger partial charge is 0.492 e. The summed E-state index contributed by atoms with van der Waals surface area (Å²) < 4.78 is 7.22. The predicted molar refractivity (Wildman–Crippen MR) is 124 cm³/mol. The van der Waals surface area contributed by atoms with Crippen molar-refractivity contribution in [3.05, 3.63) is 54.1 Å². The zero-order valence-electron chi connectivity index (χ0n) is 16.6. The smallest absolute Gasteiger partial charge is 0.123 e. The lowest BCUT2D eigenvalue weighted by Gasteiger charge is -2.42. The average molecular weight is 510 g/mol. The fourth-order valence-electron chi connectivity index (χ4n) is 4.49. The fourth-order valence-corrected chi connectivity index (χ4v) is 6.05. The molecular weight excluding hydrogens is 484 g/mol. The van der Waals surface area contributed by atoms with Gasteiger partial charge in [0.25, 0.3) is 0 Å². The zero-order valence-corrected chi connectivity index (χ0v) is 20.6. The van der Waals surface area contributed by atoms with Gasteiger partial charge < -0.3 is 4.74 Å². The summed E-state index contributed by atoms with van der Waals surface area (Å²) in [7, 11) is 0. The first kappa shape index (κ1) is 19.7. The number of hydrogen-bond donors (Lipinski definition) is 0. The van der Waals surface area contributed by atoms with E-state index in [4.69, 9.17) is 4.74 Å². The van der Waals surface area contributed by atoms with E-state index in [0.717, 1.165) is 9.14 Å². The number of hydrogen-bond acceptors (Lipinski definition) is 2. The van der Waals surface area contributed by atoms with Gasteiger partial charge in [0, 0.05) is 10.4 Å². The van der Waals surface area contributed by atoms with Crippen LogP contribution in [0.25, 0.3) is 6.08 Å². The van der Waals surface area contributed by atoms with E-state index in [1.54, 1.807) is 0 Å². The molecule has 2 aromatic rings. The maximum absolute atomic E-state index is 6.26. The van der Waals surface area contributed by atoms with Gasteiger partial charge in [-0.05, 0) is 103 Å². The van der Waals surface area contributed by atoms with E-state index in [-0.39, 0.29) is 16.2 Å². The molecule has 1 aromatic carbocycles. The maximum Gasteiger partial charge on any atom is 0.123 e. The molecule has 1 aliphatic heterocycles. The molecule has 1 unspecified atom stereocenters. The number of thiophene rings is 1. The van der Waals surface area contributed by atoms with Gasteiger partial charge in [0.05, 0.1) is 8.81 Å². The van der Waals surface area contributed by atoms with Crippen LogP contribution in [-0.4, -0.2) is 6.61 Å². The second-order valence-corrected chi connectivity index (χ2v) is 13.1. The molecule has 0 bridgehead atoms. The molecule has 0 saturated heterocycles. The lowest BCUT2D eigenvalue weighted by molar-refractivity contribution is 0.303. The zero-order chi connectivity index (χ0) is 19.6. The first-order valence-corrected chi connectivity index (χ1v) is 11.9. The Morgan fingerprint density at radius 1 is 0.963 bits per heavy atom. The van der Waals surface area contributed by atoms with Crippen LogP contribution < -0.4 is 4.74 Å². The Labute approximate surface area is 183 Å². The number of benzene rings is 1. The van der Waals surface area contributed by atoms with Crippen molar-refractivity contribution in [1.82, 2.24) is 0 Å². The van der Waals surface area contributed by atoms with Crippen LogP contribution in [0.15, 0.2) is 27.0 Å². The van der Waals surface area contributed by atoms with E-state index in [0.29, 0.717) is 6.61 Å². The van der Waals surface area contributed by atoms with Crippen molar-refractivity contribution in [2.75, 3.05) is 6.61 Å². The number of rotatable bonds is 2. The third-order valence-corrected chi connectivity index (χ3v) is 8.17. The van der Waals surface area contributed by atoms with Crippen molar-refractivity contribution in [1.29, 1.82) is 0 Å². The quantitative estimate of drug-likeness (QED) is 0.400. The molecular formula is C23H26Br2OS. The molecule has 1 nitrogen and oxygen atoms in total. The first-order valence-electron chi connectivity index (χ1n) is 9.47. The summed E-state index contributed by atoms with van der Waals surface area (Å²) in [6.07, 6.45) is 4.56. The van der Waals surface area contributed by atoms with Gasteiger partial charge >= 0.3 is 0 Å². The summed E-state index contributed by atoms with van der Waals surface area (Å²) in [6, 6.07) is 7.11. The molecule has 0 saturated carbocycles. The highest BCUT2D eigenvalue weighted by Gasteiger charge is 2.44. The number of ether oxygens (including phenoxy) is 1. The third-order valence-electron chi connectivity index (χ3n) is 6.50. The molecule has 144 valence electrons. The van der Waals surface area contributed by atoms with Gasteiger partial charge in [-0.15, -0.1) is 11.3 Å². The molecule has 4 rings (SSSR count). The minimum absolute atomic E-state index is 0.0857. The molecule has 2 aliphatic rings. The van der Waals surface area contributed by atoms with Crippen LogP contribution in [0.5, 0.6) is 5.75 Å². The van der Waals surface area contributed by atoms with Crippen LogP contribution in [-0.2, 0) is 16.2 Å².